The van der Waals surface area contributed by atoms with Crippen molar-refractivity contribution < 1.29 is 4.74 Å². The molecule has 24 heavy (non-hydrogen) atoms. The molecular formula is C20H22N2OS. The molecule has 4 heteroatoms. The van der Waals surface area contributed by atoms with Crippen LogP contribution >= 0.6 is 11.8 Å². The minimum atomic E-state index is 0.804. The molecular weight excluding hydrogens is 316 g/mol. The van der Waals surface area contributed by atoms with Crippen molar-refractivity contribution in [3.05, 3.63) is 66.0 Å². The Morgan fingerprint density at radius 3 is 2.62 bits per heavy atom. The van der Waals surface area contributed by atoms with Crippen LogP contribution in [0.5, 0.6) is 5.75 Å². The van der Waals surface area contributed by atoms with Crippen LogP contribution in [0.25, 0.3) is 10.9 Å². The van der Waals surface area contributed by atoms with Gasteiger partial charge in [-0.2, -0.15) is 0 Å². The van der Waals surface area contributed by atoms with E-state index in [4.69, 9.17) is 4.74 Å². The van der Waals surface area contributed by atoms with Gasteiger partial charge in [0, 0.05) is 29.6 Å². The predicted octanol–water partition coefficient (Wildman–Crippen LogP) is 5.14. The molecule has 1 aromatic carbocycles. The molecule has 0 atom stereocenters. The number of aromatic nitrogens is 2. The van der Waals surface area contributed by atoms with Gasteiger partial charge in [-0.1, -0.05) is 30.0 Å². The fourth-order valence-corrected chi connectivity index (χ4v) is 3.89. The summed E-state index contributed by atoms with van der Waals surface area (Å²) in [5.74, 6) is 1.77. The van der Waals surface area contributed by atoms with Gasteiger partial charge in [-0.3, -0.25) is 0 Å². The zero-order valence-corrected chi connectivity index (χ0v) is 15.2. The van der Waals surface area contributed by atoms with Gasteiger partial charge >= 0.3 is 0 Å². The molecule has 3 nitrogen and oxygen atoms in total. The van der Waals surface area contributed by atoms with Crippen molar-refractivity contribution in [3.63, 3.8) is 0 Å². The summed E-state index contributed by atoms with van der Waals surface area (Å²) in [5, 5.41) is 2.35. The van der Waals surface area contributed by atoms with Gasteiger partial charge in [0.15, 0.2) is 0 Å². The molecule has 0 saturated heterocycles. The van der Waals surface area contributed by atoms with Gasteiger partial charge in [0.2, 0.25) is 0 Å². The summed E-state index contributed by atoms with van der Waals surface area (Å²) in [6, 6.07) is 10.3. The van der Waals surface area contributed by atoms with Crippen LogP contribution in [0.3, 0.4) is 0 Å². The number of methoxy groups -OCH3 is 1. The smallest absolute Gasteiger partial charge is 0.121 e. The van der Waals surface area contributed by atoms with Crippen molar-refractivity contribution in [2.45, 2.75) is 31.2 Å². The van der Waals surface area contributed by atoms with Gasteiger partial charge in [0.25, 0.3) is 0 Å². The number of allylic oxidation sites excluding steroid dienone is 1. The van der Waals surface area contributed by atoms with Gasteiger partial charge in [-0.05, 0) is 43.2 Å². The number of fused-ring (bicyclic) bond motifs is 1. The van der Waals surface area contributed by atoms with E-state index >= 15 is 0 Å². The fourth-order valence-electron chi connectivity index (χ4n) is 2.90. The van der Waals surface area contributed by atoms with Crippen LogP contribution < -0.4 is 4.74 Å². The summed E-state index contributed by atoms with van der Waals surface area (Å²) < 4.78 is 7.52. The van der Waals surface area contributed by atoms with E-state index < -0.39 is 0 Å². The summed E-state index contributed by atoms with van der Waals surface area (Å²) in [7, 11) is 1.69. The minimum absolute atomic E-state index is 0.804. The van der Waals surface area contributed by atoms with Crippen LogP contribution in [0.1, 0.15) is 16.8 Å². The maximum Gasteiger partial charge on any atom is 0.121 e. The molecule has 0 radical (unpaired) electrons. The molecule has 0 fully saturated rings. The number of nitrogens with zero attached hydrogens (tertiary/aromatic N) is 2. The van der Waals surface area contributed by atoms with Crippen LogP contribution in [-0.4, -0.2) is 16.7 Å². The Kier molecular flexibility index (Phi) is 4.95. The molecule has 0 amide bonds. The van der Waals surface area contributed by atoms with Gasteiger partial charge in [0.05, 0.1) is 12.6 Å². The number of hydrogen-bond donors (Lipinski definition) is 0. The van der Waals surface area contributed by atoms with E-state index in [1.807, 2.05) is 24.4 Å². The zero-order chi connectivity index (χ0) is 17.1. The van der Waals surface area contributed by atoms with E-state index in [2.05, 4.69) is 48.2 Å². The highest BCUT2D eigenvalue weighted by molar-refractivity contribution is 7.98. The van der Waals surface area contributed by atoms with E-state index in [1.165, 1.54) is 27.7 Å². The normalized spacial score (nSPS) is 11.0. The number of rotatable bonds is 6. The quantitative estimate of drug-likeness (QED) is 0.460. The number of aryl methyl sites for hydroxylation is 1. The first-order valence-electron chi connectivity index (χ1n) is 7.96. The Bertz CT molecular complexity index is 865. The second-order valence-corrected chi connectivity index (χ2v) is 6.72. The van der Waals surface area contributed by atoms with E-state index in [0.717, 1.165) is 23.1 Å². The predicted molar refractivity (Wildman–Crippen MR) is 102 cm³/mol. The number of pyridine rings is 1. The second kappa shape index (κ2) is 7.14. The molecule has 0 spiro atoms. The van der Waals surface area contributed by atoms with Gasteiger partial charge in [0.1, 0.15) is 10.8 Å². The lowest BCUT2D eigenvalue weighted by atomic mass is 10.2. The monoisotopic (exact) mass is 338 g/mol. The molecule has 2 heterocycles. The maximum atomic E-state index is 5.22. The fraction of sp³-hybridized carbons (Fsp3) is 0.250. The van der Waals surface area contributed by atoms with Gasteiger partial charge in [-0.15, -0.1) is 6.58 Å². The third-order valence-electron chi connectivity index (χ3n) is 4.36. The van der Waals surface area contributed by atoms with Crippen molar-refractivity contribution >= 4 is 22.7 Å². The Balaban J connectivity index is 1.93. The van der Waals surface area contributed by atoms with Crippen molar-refractivity contribution in [2.24, 2.45) is 0 Å². The molecule has 2 aromatic heterocycles. The van der Waals surface area contributed by atoms with Crippen LogP contribution in [0.15, 0.2) is 54.2 Å². The van der Waals surface area contributed by atoms with Crippen LogP contribution in [-0.2, 0) is 12.3 Å². The number of thioether (sulfide) groups is 1. The second-order valence-electron chi connectivity index (χ2n) is 5.76. The summed E-state index contributed by atoms with van der Waals surface area (Å²) in [6.07, 6.45) is 3.85. The van der Waals surface area contributed by atoms with E-state index in [9.17, 15) is 0 Å². The van der Waals surface area contributed by atoms with Gasteiger partial charge < -0.3 is 9.30 Å². The Morgan fingerprint density at radius 2 is 1.96 bits per heavy atom. The SMILES string of the molecule is C=CCn1c(C)c(C)c2ccnc(SCc3ccc(OC)cc3)c21. The first-order chi connectivity index (χ1) is 11.7. The molecule has 0 unspecified atom stereocenters. The lowest BCUT2D eigenvalue weighted by Gasteiger charge is -2.09. The average Bonchev–Trinajstić information content (AvgIpc) is 2.86. The first-order valence-corrected chi connectivity index (χ1v) is 8.95. The number of benzene rings is 1. The summed E-state index contributed by atoms with van der Waals surface area (Å²) in [6.45, 7) is 9.04. The molecule has 0 aliphatic heterocycles. The van der Waals surface area contributed by atoms with Crippen molar-refractivity contribution in [2.75, 3.05) is 7.11 Å². The third-order valence-corrected chi connectivity index (χ3v) is 5.41. The Hall–Kier alpha value is -2.20. The largest absolute Gasteiger partial charge is 0.497 e. The highest BCUT2D eigenvalue weighted by Crippen LogP contribution is 2.33. The lowest BCUT2D eigenvalue weighted by molar-refractivity contribution is 0.414. The molecule has 0 aliphatic carbocycles. The number of ether oxygens (including phenoxy) is 1. The molecule has 124 valence electrons. The third kappa shape index (κ3) is 3.06. The number of hydrogen-bond acceptors (Lipinski definition) is 3. The van der Waals surface area contributed by atoms with Gasteiger partial charge in [-0.25, -0.2) is 4.98 Å². The average molecular weight is 338 g/mol. The highest BCUT2D eigenvalue weighted by atomic mass is 32.2. The topological polar surface area (TPSA) is 27.1 Å². The molecule has 3 aromatic rings. The van der Waals surface area contributed by atoms with Crippen LogP contribution in [0.4, 0.5) is 0 Å². The van der Waals surface area contributed by atoms with E-state index in [0.29, 0.717) is 0 Å². The highest BCUT2D eigenvalue weighted by Gasteiger charge is 2.14. The first kappa shape index (κ1) is 16.7. The maximum absolute atomic E-state index is 5.22. The summed E-state index contributed by atoms with van der Waals surface area (Å²) in [5.41, 5.74) is 5.07. The van der Waals surface area contributed by atoms with E-state index in [-0.39, 0.29) is 0 Å². The standard InChI is InChI=1S/C20H22N2OS/c1-5-12-22-15(3)14(2)18-10-11-21-20(19(18)22)24-13-16-6-8-17(23-4)9-7-16/h5-11H,1,12-13H2,2-4H3. The summed E-state index contributed by atoms with van der Waals surface area (Å²) >= 11 is 1.77. The molecule has 0 aliphatic rings. The van der Waals surface area contributed by atoms with Crippen molar-refractivity contribution in [1.29, 1.82) is 0 Å². The van der Waals surface area contributed by atoms with Crippen molar-refractivity contribution in [1.82, 2.24) is 9.55 Å². The Morgan fingerprint density at radius 1 is 1.21 bits per heavy atom. The lowest BCUT2D eigenvalue weighted by Crippen LogP contribution is -1.99. The minimum Gasteiger partial charge on any atom is -0.497 e. The zero-order valence-electron chi connectivity index (χ0n) is 14.4. The molecule has 0 N–H and O–H groups in total. The molecule has 0 saturated carbocycles. The van der Waals surface area contributed by atoms with Crippen LogP contribution in [0.2, 0.25) is 0 Å². The van der Waals surface area contributed by atoms with Crippen molar-refractivity contribution in [3.8, 4) is 5.75 Å². The van der Waals surface area contributed by atoms with E-state index in [1.54, 1.807) is 18.9 Å². The Labute approximate surface area is 147 Å². The van der Waals surface area contributed by atoms with Crippen LogP contribution in [0, 0.1) is 13.8 Å². The molecule has 0 bridgehead atoms. The molecule has 3 rings (SSSR count). The summed E-state index contributed by atoms with van der Waals surface area (Å²) in [4.78, 5) is 4.64.